The van der Waals surface area contributed by atoms with Crippen molar-refractivity contribution < 1.29 is 13.2 Å². The van der Waals surface area contributed by atoms with Gasteiger partial charge in [0.1, 0.15) is 0 Å². The Labute approximate surface area is 145 Å². The summed E-state index contributed by atoms with van der Waals surface area (Å²) in [7, 11) is 1.01. The molecule has 23 heavy (non-hydrogen) atoms. The van der Waals surface area contributed by atoms with E-state index in [1.54, 1.807) is 25.2 Å². The molecule has 0 unspecified atom stereocenters. The van der Waals surface area contributed by atoms with Gasteiger partial charge in [-0.2, -0.15) is 0 Å². The smallest absolute Gasteiger partial charge is 0.253 e. The minimum atomic E-state index is -3.57. The molecule has 1 aromatic carbocycles. The average molecular weight is 373 g/mol. The second-order valence-electron chi connectivity index (χ2n) is 5.18. The van der Waals surface area contributed by atoms with Crippen LogP contribution in [0.3, 0.4) is 0 Å². The van der Waals surface area contributed by atoms with E-state index < -0.39 is 10.0 Å². The molecule has 1 amide bonds. The zero-order valence-corrected chi connectivity index (χ0v) is 15.4. The molecule has 0 bridgehead atoms. The lowest BCUT2D eigenvalue weighted by Gasteiger charge is -2.17. The summed E-state index contributed by atoms with van der Waals surface area (Å²) in [6.07, 6.45) is 0. The lowest BCUT2D eigenvalue weighted by atomic mass is 10.2. The fourth-order valence-electron chi connectivity index (χ4n) is 1.96. The average Bonchev–Trinajstić information content (AvgIpc) is 2.91. The van der Waals surface area contributed by atoms with Crippen molar-refractivity contribution in [1.29, 1.82) is 0 Å². The van der Waals surface area contributed by atoms with Crippen LogP contribution in [0.4, 0.5) is 0 Å². The Hall–Kier alpha value is -1.41. The first-order valence-electron chi connectivity index (χ1n) is 6.74. The van der Waals surface area contributed by atoms with Crippen LogP contribution in [0.5, 0.6) is 0 Å². The van der Waals surface area contributed by atoms with Crippen molar-refractivity contribution in [3.8, 4) is 0 Å². The van der Waals surface area contributed by atoms with Crippen molar-refractivity contribution in [3.05, 3.63) is 51.2 Å². The first-order chi connectivity index (χ1) is 10.7. The maximum absolute atomic E-state index is 12.5. The van der Waals surface area contributed by atoms with Crippen LogP contribution in [-0.2, 0) is 16.6 Å². The number of thiophene rings is 1. The van der Waals surface area contributed by atoms with Crippen LogP contribution in [0.1, 0.15) is 15.2 Å². The number of hydrogen-bond donors (Lipinski definition) is 0. The number of hydrogen-bond acceptors (Lipinski definition) is 4. The minimum absolute atomic E-state index is 0.0981. The topological polar surface area (TPSA) is 57.7 Å². The van der Waals surface area contributed by atoms with Gasteiger partial charge < -0.3 is 4.90 Å². The summed E-state index contributed by atoms with van der Waals surface area (Å²) in [6, 6.07) is 9.70. The molecule has 0 N–H and O–H groups in total. The van der Waals surface area contributed by atoms with Gasteiger partial charge in [0.25, 0.3) is 5.91 Å². The summed E-state index contributed by atoms with van der Waals surface area (Å²) in [6.45, 7) is 0.418. The summed E-state index contributed by atoms with van der Waals surface area (Å²) >= 11 is 7.29. The van der Waals surface area contributed by atoms with E-state index in [-0.39, 0.29) is 10.8 Å². The molecule has 0 fully saturated rings. The molecular formula is C15H17ClN2O3S2. The molecule has 0 aliphatic rings. The van der Waals surface area contributed by atoms with E-state index in [0.717, 1.165) is 9.18 Å². The molecule has 0 atom stereocenters. The largest absolute Gasteiger partial charge is 0.337 e. The van der Waals surface area contributed by atoms with Crippen molar-refractivity contribution in [3.63, 3.8) is 0 Å². The van der Waals surface area contributed by atoms with Crippen molar-refractivity contribution in [1.82, 2.24) is 9.21 Å². The van der Waals surface area contributed by atoms with Crippen LogP contribution < -0.4 is 0 Å². The molecule has 0 aliphatic heterocycles. The van der Waals surface area contributed by atoms with Crippen LogP contribution in [0.15, 0.2) is 41.3 Å². The molecule has 0 radical (unpaired) electrons. The van der Waals surface area contributed by atoms with Crippen LogP contribution in [0.25, 0.3) is 0 Å². The summed E-state index contributed by atoms with van der Waals surface area (Å²) in [5.74, 6) is -0.245. The van der Waals surface area contributed by atoms with Gasteiger partial charge in [-0.1, -0.05) is 17.7 Å². The highest BCUT2D eigenvalue weighted by Gasteiger charge is 2.20. The Kier molecular flexibility index (Phi) is 5.46. The van der Waals surface area contributed by atoms with E-state index in [9.17, 15) is 13.2 Å². The monoisotopic (exact) mass is 372 g/mol. The van der Waals surface area contributed by atoms with E-state index in [0.29, 0.717) is 16.4 Å². The number of benzene rings is 1. The fourth-order valence-corrected chi connectivity index (χ4v) is 4.05. The van der Waals surface area contributed by atoms with Crippen LogP contribution in [0.2, 0.25) is 4.34 Å². The summed E-state index contributed by atoms with van der Waals surface area (Å²) < 4.78 is 26.1. The van der Waals surface area contributed by atoms with Gasteiger partial charge in [-0.25, -0.2) is 12.7 Å². The normalized spacial score (nSPS) is 11.7. The highest BCUT2D eigenvalue weighted by molar-refractivity contribution is 7.89. The fraction of sp³-hybridized carbons (Fsp3) is 0.267. The van der Waals surface area contributed by atoms with Crippen LogP contribution in [-0.4, -0.2) is 44.7 Å². The number of carbonyl (C=O) groups excluding carboxylic acids is 1. The van der Waals surface area contributed by atoms with Gasteiger partial charge in [0, 0.05) is 31.6 Å². The van der Waals surface area contributed by atoms with E-state index in [2.05, 4.69) is 0 Å². The van der Waals surface area contributed by atoms with Gasteiger partial charge >= 0.3 is 0 Å². The molecule has 1 heterocycles. The molecule has 0 saturated carbocycles. The molecule has 2 aromatic rings. The third-order valence-corrected chi connectivity index (χ3v) is 6.26. The van der Waals surface area contributed by atoms with Gasteiger partial charge in [0.05, 0.1) is 15.8 Å². The highest BCUT2D eigenvalue weighted by atomic mass is 35.5. The quantitative estimate of drug-likeness (QED) is 0.810. The van der Waals surface area contributed by atoms with E-state index in [1.807, 2.05) is 6.07 Å². The zero-order chi connectivity index (χ0) is 17.2. The van der Waals surface area contributed by atoms with Gasteiger partial charge in [-0.05, 0) is 30.3 Å². The molecule has 124 valence electrons. The lowest BCUT2D eigenvalue weighted by Crippen LogP contribution is -2.26. The Morgan fingerprint density at radius 3 is 2.43 bits per heavy atom. The van der Waals surface area contributed by atoms with Crippen LogP contribution in [0, 0.1) is 0 Å². The molecule has 5 nitrogen and oxygen atoms in total. The van der Waals surface area contributed by atoms with Crippen molar-refractivity contribution in [2.45, 2.75) is 11.4 Å². The number of sulfonamides is 1. The van der Waals surface area contributed by atoms with Crippen molar-refractivity contribution in [2.24, 2.45) is 0 Å². The number of rotatable bonds is 5. The van der Waals surface area contributed by atoms with Gasteiger partial charge in [0.15, 0.2) is 0 Å². The first kappa shape index (κ1) is 17.9. The van der Waals surface area contributed by atoms with Gasteiger partial charge in [-0.15, -0.1) is 11.3 Å². The lowest BCUT2D eigenvalue weighted by molar-refractivity contribution is 0.0786. The third-order valence-electron chi connectivity index (χ3n) is 3.23. The Morgan fingerprint density at radius 2 is 1.87 bits per heavy atom. The number of nitrogens with zero attached hydrogens (tertiary/aromatic N) is 2. The Balaban J connectivity index is 2.23. The van der Waals surface area contributed by atoms with E-state index >= 15 is 0 Å². The molecular weight excluding hydrogens is 356 g/mol. The van der Waals surface area contributed by atoms with Crippen molar-refractivity contribution >= 4 is 38.9 Å². The van der Waals surface area contributed by atoms with Gasteiger partial charge in [0.2, 0.25) is 10.0 Å². The molecule has 0 aliphatic carbocycles. The third kappa shape index (κ3) is 4.11. The zero-order valence-electron chi connectivity index (χ0n) is 13.0. The highest BCUT2D eigenvalue weighted by Crippen LogP contribution is 2.23. The molecule has 1 aromatic heterocycles. The summed E-state index contributed by atoms with van der Waals surface area (Å²) in [5.41, 5.74) is 0.332. The number of carbonyl (C=O) groups is 1. The Bertz CT molecular complexity index is 816. The van der Waals surface area contributed by atoms with Crippen molar-refractivity contribution in [2.75, 3.05) is 21.1 Å². The number of amides is 1. The Morgan fingerprint density at radius 1 is 1.17 bits per heavy atom. The molecule has 2 rings (SSSR count). The van der Waals surface area contributed by atoms with Crippen LogP contribution >= 0.6 is 22.9 Å². The molecule has 0 spiro atoms. The molecule has 0 saturated heterocycles. The maximum atomic E-state index is 12.5. The van der Waals surface area contributed by atoms with E-state index in [4.69, 9.17) is 11.6 Å². The minimum Gasteiger partial charge on any atom is -0.337 e. The second-order valence-corrected chi connectivity index (χ2v) is 9.13. The van der Waals surface area contributed by atoms with E-state index in [1.165, 1.54) is 42.5 Å². The second kappa shape index (κ2) is 7.00. The van der Waals surface area contributed by atoms with Gasteiger partial charge in [-0.3, -0.25) is 4.79 Å². The standard InChI is InChI=1S/C15H17ClN2O3S2/c1-17(2)23(20,21)13-6-4-5-11(9-13)15(19)18(3)10-12-7-8-14(16)22-12/h4-9H,10H2,1-3H3. The SMILES string of the molecule is CN(Cc1ccc(Cl)s1)C(=O)c1cccc(S(=O)(=O)N(C)C)c1. The molecule has 8 heteroatoms. The predicted octanol–water partition coefficient (Wildman–Crippen LogP) is 2.92. The predicted molar refractivity (Wildman–Crippen MR) is 92.4 cm³/mol. The summed E-state index contributed by atoms with van der Waals surface area (Å²) in [4.78, 5) is 15.1. The maximum Gasteiger partial charge on any atom is 0.253 e. The summed E-state index contributed by atoms with van der Waals surface area (Å²) in [5, 5.41) is 0. The number of halogens is 1. The first-order valence-corrected chi connectivity index (χ1v) is 9.37.